The topological polar surface area (TPSA) is 40.2 Å². The first-order chi connectivity index (χ1) is 16.7. The van der Waals surface area contributed by atoms with E-state index in [1.54, 1.807) is 0 Å². The molecule has 0 atom stereocenters. The molecule has 5 saturated carbocycles. The van der Waals surface area contributed by atoms with Gasteiger partial charge in [-0.25, -0.2) is 9.78 Å². The molecule has 0 amide bonds. The molecule has 5 heteroatoms. The number of nitrogens with zero attached hydrogens (tertiary/aromatic N) is 1. The van der Waals surface area contributed by atoms with E-state index in [1.807, 2.05) is 0 Å². The van der Waals surface area contributed by atoms with E-state index in [-0.39, 0.29) is 11.2 Å². The van der Waals surface area contributed by atoms with Crippen LogP contribution in [0.5, 0.6) is 5.75 Å². The molecule has 7 aliphatic rings. The van der Waals surface area contributed by atoms with Gasteiger partial charge < -0.3 is 9.47 Å². The fourth-order valence-corrected chi connectivity index (χ4v) is 8.83. The normalized spacial score (nSPS) is 43.7. The second-order valence-corrected chi connectivity index (χ2v) is 12.4. The Morgan fingerprint density at radius 3 is 2.21 bits per heavy atom. The maximum atomic E-state index is 6.42. The molecule has 0 aromatic heterocycles. The molecule has 8 rings (SSSR count). The highest BCUT2D eigenvalue weighted by Gasteiger charge is 2.65. The average molecular weight is 468 g/mol. The van der Waals surface area contributed by atoms with Gasteiger partial charge in [0, 0.05) is 26.1 Å². The first-order valence-electron chi connectivity index (χ1n) is 14.1. The van der Waals surface area contributed by atoms with Crippen LogP contribution >= 0.6 is 0 Å². The summed E-state index contributed by atoms with van der Waals surface area (Å²) >= 11 is 0. The van der Waals surface area contributed by atoms with E-state index in [1.165, 1.54) is 50.5 Å². The number of hydrogen-bond donors (Lipinski definition) is 0. The Labute approximate surface area is 204 Å². The van der Waals surface area contributed by atoms with E-state index < -0.39 is 0 Å². The Bertz CT molecular complexity index is 827. The molecule has 186 valence electrons. The number of ether oxygens (including phenoxy) is 2. The van der Waals surface area contributed by atoms with Crippen LogP contribution in [-0.2, 0) is 14.5 Å². The maximum absolute atomic E-state index is 6.42. The summed E-state index contributed by atoms with van der Waals surface area (Å²) in [7, 11) is 0. The van der Waals surface area contributed by atoms with Crippen molar-refractivity contribution in [1.82, 2.24) is 4.90 Å². The second kappa shape index (κ2) is 8.76. The lowest BCUT2D eigenvalue weighted by molar-refractivity contribution is -0.385. The largest absolute Gasteiger partial charge is 0.492 e. The Morgan fingerprint density at radius 2 is 1.53 bits per heavy atom. The second-order valence-electron chi connectivity index (χ2n) is 12.4. The summed E-state index contributed by atoms with van der Waals surface area (Å²) in [6.07, 6.45) is 12.9. The lowest BCUT2D eigenvalue weighted by atomic mass is 9.48. The molecule has 2 aliphatic heterocycles. The predicted octanol–water partition coefficient (Wildman–Crippen LogP) is 5.34. The van der Waals surface area contributed by atoms with Crippen molar-refractivity contribution in [2.45, 2.75) is 81.3 Å². The molecule has 1 aromatic carbocycles. The van der Waals surface area contributed by atoms with Gasteiger partial charge in [0.05, 0.1) is 13.2 Å². The molecule has 1 aromatic rings. The molecular formula is C29H41NO4. The minimum Gasteiger partial charge on any atom is -0.492 e. The van der Waals surface area contributed by atoms with Crippen LogP contribution in [0.25, 0.3) is 0 Å². The smallest absolute Gasteiger partial charge is 0.119 e. The van der Waals surface area contributed by atoms with Gasteiger partial charge in [0.1, 0.15) is 23.6 Å². The molecule has 2 heterocycles. The molecule has 2 spiro atoms. The third-order valence-electron chi connectivity index (χ3n) is 10.5. The first-order valence-corrected chi connectivity index (χ1v) is 14.1. The molecule has 0 N–H and O–H groups in total. The van der Waals surface area contributed by atoms with Gasteiger partial charge in [-0.2, -0.15) is 0 Å². The lowest BCUT2D eigenvalue weighted by Gasteiger charge is -2.58. The zero-order chi connectivity index (χ0) is 22.6. The number of morpholine rings is 1. The monoisotopic (exact) mass is 467 g/mol. The molecular weight excluding hydrogens is 426 g/mol. The van der Waals surface area contributed by atoms with Crippen LogP contribution in [0.4, 0.5) is 0 Å². The Balaban J connectivity index is 0.928. The van der Waals surface area contributed by atoms with Crippen LogP contribution in [0, 0.1) is 23.7 Å². The summed E-state index contributed by atoms with van der Waals surface area (Å²) in [4.78, 5) is 15.2. The molecule has 34 heavy (non-hydrogen) atoms. The quantitative estimate of drug-likeness (QED) is 0.547. The highest BCUT2D eigenvalue weighted by molar-refractivity contribution is 5.30. The highest BCUT2D eigenvalue weighted by atomic mass is 17.2. The number of hydrogen-bond acceptors (Lipinski definition) is 5. The van der Waals surface area contributed by atoms with Crippen molar-refractivity contribution in [1.29, 1.82) is 0 Å². The van der Waals surface area contributed by atoms with E-state index in [2.05, 4.69) is 29.2 Å². The van der Waals surface area contributed by atoms with Crippen LogP contribution in [0.15, 0.2) is 24.3 Å². The van der Waals surface area contributed by atoms with Gasteiger partial charge in [0.25, 0.3) is 0 Å². The van der Waals surface area contributed by atoms with Crippen molar-refractivity contribution in [2.75, 3.05) is 39.5 Å². The van der Waals surface area contributed by atoms with E-state index in [0.29, 0.717) is 5.92 Å². The first kappa shape index (κ1) is 22.1. The van der Waals surface area contributed by atoms with E-state index >= 15 is 0 Å². The van der Waals surface area contributed by atoms with E-state index in [9.17, 15) is 0 Å². The standard InChI is InChI=1S/C29H41NO4/c1-3-27(32-14-11-30-9-12-31-13-10-30)4-2-23(1)24-5-7-28(8-6-24)20-29(34-33-28)25-16-21-15-22(18-25)19-26(29)17-21/h1-4,21-22,24-26H,5-20H2. The molecule has 2 saturated heterocycles. The molecule has 5 nitrogen and oxygen atoms in total. The molecule has 4 bridgehead atoms. The summed E-state index contributed by atoms with van der Waals surface area (Å²) in [5, 5.41) is 0. The van der Waals surface area contributed by atoms with Gasteiger partial charge in [0.15, 0.2) is 0 Å². The van der Waals surface area contributed by atoms with Gasteiger partial charge in [-0.1, -0.05) is 12.1 Å². The van der Waals surface area contributed by atoms with Crippen LogP contribution in [0.3, 0.4) is 0 Å². The third kappa shape index (κ3) is 3.91. The van der Waals surface area contributed by atoms with Gasteiger partial charge in [-0.3, -0.25) is 4.90 Å². The SMILES string of the molecule is c1cc(C2CCC3(CC2)CC2(OO3)C3CC4CC(C3)CC2C4)ccc1OCCN1CCOCC1. The minimum absolute atomic E-state index is 0.0194. The zero-order valence-corrected chi connectivity index (χ0v) is 20.6. The van der Waals surface area contributed by atoms with Crippen molar-refractivity contribution in [3.05, 3.63) is 29.8 Å². The van der Waals surface area contributed by atoms with Crippen molar-refractivity contribution < 1.29 is 19.2 Å². The van der Waals surface area contributed by atoms with Crippen LogP contribution in [0.1, 0.15) is 75.7 Å². The maximum Gasteiger partial charge on any atom is 0.119 e. The van der Waals surface area contributed by atoms with E-state index in [4.69, 9.17) is 19.2 Å². The Hall–Kier alpha value is -1.14. The number of benzene rings is 1. The van der Waals surface area contributed by atoms with Crippen molar-refractivity contribution in [2.24, 2.45) is 23.7 Å². The zero-order valence-electron chi connectivity index (χ0n) is 20.6. The average Bonchev–Trinajstić information content (AvgIpc) is 3.24. The summed E-state index contributed by atoms with van der Waals surface area (Å²) in [6, 6.07) is 8.91. The fourth-order valence-electron chi connectivity index (χ4n) is 8.83. The summed E-state index contributed by atoms with van der Waals surface area (Å²) < 4.78 is 11.4. The number of rotatable bonds is 5. The lowest BCUT2D eigenvalue weighted by Crippen LogP contribution is -2.58. The predicted molar refractivity (Wildman–Crippen MR) is 130 cm³/mol. The fraction of sp³-hybridized carbons (Fsp3) is 0.793. The molecule has 0 unspecified atom stereocenters. The van der Waals surface area contributed by atoms with Gasteiger partial charge in [-0.15, -0.1) is 0 Å². The summed E-state index contributed by atoms with van der Waals surface area (Å²) in [5.41, 5.74) is 1.49. The molecule has 5 aliphatic carbocycles. The molecule has 0 radical (unpaired) electrons. The van der Waals surface area contributed by atoms with Crippen LogP contribution in [0.2, 0.25) is 0 Å². The Morgan fingerprint density at radius 1 is 0.853 bits per heavy atom. The van der Waals surface area contributed by atoms with Crippen molar-refractivity contribution in [3.63, 3.8) is 0 Å². The highest BCUT2D eigenvalue weighted by Crippen LogP contribution is 2.65. The van der Waals surface area contributed by atoms with Gasteiger partial charge in [0.2, 0.25) is 0 Å². The van der Waals surface area contributed by atoms with Crippen molar-refractivity contribution in [3.8, 4) is 5.75 Å². The summed E-state index contributed by atoms with van der Waals surface area (Å²) in [5.74, 6) is 5.10. The Kier molecular flexibility index (Phi) is 5.69. The third-order valence-corrected chi connectivity index (χ3v) is 10.5. The molecule has 7 fully saturated rings. The van der Waals surface area contributed by atoms with Crippen LogP contribution < -0.4 is 4.74 Å². The minimum atomic E-state index is -0.0194. The summed E-state index contributed by atoms with van der Waals surface area (Å²) in [6.45, 7) is 5.44. The van der Waals surface area contributed by atoms with Crippen LogP contribution in [-0.4, -0.2) is 55.6 Å². The van der Waals surface area contributed by atoms with Gasteiger partial charge in [-0.05, 0) is 105 Å². The van der Waals surface area contributed by atoms with Crippen molar-refractivity contribution >= 4 is 0 Å². The van der Waals surface area contributed by atoms with E-state index in [0.717, 1.165) is 88.1 Å². The van der Waals surface area contributed by atoms with Gasteiger partial charge >= 0.3 is 0 Å².